The molecule has 0 N–H and O–H groups in total. The third-order valence-electron chi connectivity index (χ3n) is 6.12. The number of aromatic nitrogens is 3. The van der Waals surface area contributed by atoms with Crippen molar-refractivity contribution in [1.82, 2.24) is 14.8 Å². The monoisotopic (exact) mass is 475 g/mol. The molecule has 0 aliphatic rings. The Kier molecular flexibility index (Phi) is 5.94. The molecule has 178 valence electrons. The van der Waals surface area contributed by atoms with Crippen molar-refractivity contribution in [2.24, 2.45) is 0 Å². The normalized spacial score (nSPS) is 11.4. The van der Waals surface area contributed by atoms with Crippen molar-refractivity contribution >= 4 is 10.9 Å². The van der Waals surface area contributed by atoms with Crippen LogP contribution in [-0.2, 0) is 6.54 Å². The largest absolute Gasteiger partial charge is 0.493 e. The third-order valence-corrected chi connectivity index (χ3v) is 6.12. The van der Waals surface area contributed by atoms with E-state index in [9.17, 15) is 8.78 Å². The SMILES string of the molecule is COc1cc(-c2nnc(-c3ccc4c(c3)c(C)c(C)n4Cc3ccccc3)o2)ccc1OC(F)F. The van der Waals surface area contributed by atoms with E-state index in [1.54, 1.807) is 6.07 Å². The number of benzene rings is 3. The molecule has 0 unspecified atom stereocenters. The quantitative estimate of drug-likeness (QED) is 0.264. The lowest BCUT2D eigenvalue weighted by Crippen LogP contribution is -2.03. The van der Waals surface area contributed by atoms with E-state index in [4.69, 9.17) is 9.15 Å². The Labute approximate surface area is 200 Å². The zero-order valence-electron chi connectivity index (χ0n) is 19.5. The number of methoxy groups -OCH3 is 1. The number of ether oxygens (including phenoxy) is 2. The lowest BCUT2D eigenvalue weighted by atomic mass is 10.1. The zero-order chi connectivity index (χ0) is 24.5. The fourth-order valence-corrected chi connectivity index (χ4v) is 4.20. The van der Waals surface area contributed by atoms with Crippen molar-refractivity contribution in [2.75, 3.05) is 7.11 Å². The molecular formula is C27H23F2N3O3. The Hall–Kier alpha value is -4.20. The molecule has 5 rings (SSSR count). The van der Waals surface area contributed by atoms with E-state index >= 15 is 0 Å². The van der Waals surface area contributed by atoms with Gasteiger partial charge in [0.25, 0.3) is 0 Å². The molecule has 8 heteroatoms. The molecule has 0 atom stereocenters. The second kappa shape index (κ2) is 9.21. The number of hydrogen-bond donors (Lipinski definition) is 0. The summed E-state index contributed by atoms with van der Waals surface area (Å²) in [6.45, 7) is 2.07. The van der Waals surface area contributed by atoms with E-state index in [0.717, 1.165) is 23.0 Å². The molecule has 2 heterocycles. The summed E-state index contributed by atoms with van der Waals surface area (Å²) in [6, 6.07) is 20.9. The standard InChI is InChI=1S/C27H23F2N3O3/c1-16-17(2)32(15-18-7-5-4-6-8-18)22-11-9-19(13-21(16)22)25-30-31-26(35-25)20-10-12-23(34-27(28)29)24(14-20)33-3/h4-14,27H,15H2,1-3H3. The fraction of sp³-hybridized carbons (Fsp3) is 0.185. The Morgan fingerprint density at radius 3 is 2.26 bits per heavy atom. The predicted octanol–water partition coefficient (Wildman–Crippen LogP) is 6.63. The molecule has 0 radical (unpaired) electrons. The zero-order valence-corrected chi connectivity index (χ0v) is 19.5. The van der Waals surface area contributed by atoms with Crippen molar-refractivity contribution in [2.45, 2.75) is 27.0 Å². The summed E-state index contributed by atoms with van der Waals surface area (Å²) in [5.41, 5.74) is 6.08. The summed E-state index contributed by atoms with van der Waals surface area (Å²) < 4.78 is 43.1. The van der Waals surface area contributed by atoms with E-state index in [2.05, 4.69) is 57.6 Å². The second-order valence-corrected chi connectivity index (χ2v) is 8.17. The summed E-state index contributed by atoms with van der Waals surface area (Å²) in [6.07, 6.45) is 0. The van der Waals surface area contributed by atoms with Gasteiger partial charge in [-0.2, -0.15) is 8.78 Å². The molecule has 35 heavy (non-hydrogen) atoms. The van der Waals surface area contributed by atoms with Gasteiger partial charge in [-0.1, -0.05) is 30.3 Å². The first-order valence-corrected chi connectivity index (χ1v) is 11.0. The first kappa shape index (κ1) is 22.6. The highest BCUT2D eigenvalue weighted by molar-refractivity contribution is 5.89. The summed E-state index contributed by atoms with van der Waals surface area (Å²) in [5, 5.41) is 9.47. The van der Waals surface area contributed by atoms with Gasteiger partial charge in [0.2, 0.25) is 11.8 Å². The lowest BCUT2D eigenvalue weighted by molar-refractivity contribution is -0.0512. The van der Waals surface area contributed by atoms with Gasteiger partial charge in [-0.05, 0) is 61.4 Å². The summed E-state index contributed by atoms with van der Waals surface area (Å²) in [4.78, 5) is 0. The van der Waals surface area contributed by atoms with E-state index in [-0.39, 0.29) is 17.4 Å². The Bertz CT molecular complexity index is 1490. The van der Waals surface area contributed by atoms with E-state index < -0.39 is 6.61 Å². The van der Waals surface area contributed by atoms with Gasteiger partial charge in [0.05, 0.1) is 7.11 Å². The molecular weight excluding hydrogens is 452 g/mol. The van der Waals surface area contributed by atoms with E-state index in [0.29, 0.717) is 11.5 Å². The summed E-state index contributed by atoms with van der Waals surface area (Å²) in [7, 11) is 1.38. The fourth-order valence-electron chi connectivity index (χ4n) is 4.20. The van der Waals surface area contributed by atoms with Crippen molar-refractivity contribution in [3.05, 3.63) is 83.6 Å². The maximum absolute atomic E-state index is 12.6. The number of alkyl halides is 2. The molecule has 5 aromatic rings. The van der Waals surface area contributed by atoms with E-state index in [1.165, 1.54) is 36.1 Å². The average Bonchev–Trinajstić information content (AvgIpc) is 3.45. The molecule has 2 aromatic heterocycles. The van der Waals surface area contributed by atoms with Crippen LogP contribution >= 0.6 is 0 Å². The Balaban J connectivity index is 1.47. The highest BCUT2D eigenvalue weighted by atomic mass is 19.3. The first-order valence-electron chi connectivity index (χ1n) is 11.0. The van der Waals surface area contributed by atoms with Crippen LogP contribution < -0.4 is 9.47 Å². The highest BCUT2D eigenvalue weighted by Crippen LogP contribution is 2.35. The Morgan fingerprint density at radius 1 is 0.886 bits per heavy atom. The van der Waals surface area contributed by atoms with Gasteiger partial charge in [-0.3, -0.25) is 0 Å². The number of aryl methyl sites for hydroxylation is 1. The molecule has 6 nitrogen and oxygen atoms in total. The van der Waals surface area contributed by atoms with Crippen LogP contribution in [0.1, 0.15) is 16.8 Å². The van der Waals surface area contributed by atoms with Crippen LogP contribution in [0.15, 0.2) is 71.1 Å². The summed E-state index contributed by atoms with van der Waals surface area (Å²) in [5.74, 6) is 0.690. The maximum Gasteiger partial charge on any atom is 0.387 e. The highest BCUT2D eigenvalue weighted by Gasteiger charge is 2.17. The predicted molar refractivity (Wildman–Crippen MR) is 129 cm³/mol. The van der Waals surface area contributed by atoms with Crippen LogP contribution in [0.4, 0.5) is 8.78 Å². The molecule has 0 spiro atoms. The van der Waals surface area contributed by atoms with Gasteiger partial charge in [-0.25, -0.2) is 0 Å². The molecule has 0 fully saturated rings. The second-order valence-electron chi connectivity index (χ2n) is 8.17. The minimum Gasteiger partial charge on any atom is -0.493 e. The minimum atomic E-state index is -2.95. The molecule has 0 saturated carbocycles. The van der Waals surface area contributed by atoms with Crippen LogP contribution in [0, 0.1) is 13.8 Å². The smallest absolute Gasteiger partial charge is 0.387 e. The van der Waals surface area contributed by atoms with Gasteiger partial charge in [0.1, 0.15) is 0 Å². The maximum atomic E-state index is 12.6. The molecule has 0 aliphatic heterocycles. The van der Waals surface area contributed by atoms with Crippen molar-refractivity contribution in [3.8, 4) is 34.4 Å². The van der Waals surface area contributed by atoms with Gasteiger partial charge >= 0.3 is 6.61 Å². The summed E-state index contributed by atoms with van der Waals surface area (Å²) >= 11 is 0. The first-order chi connectivity index (χ1) is 16.9. The van der Waals surface area contributed by atoms with Gasteiger partial charge < -0.3 is 18.5 Å². The molecule has 3 aromatic carbocycles. The van der Waals surface area contributed by atoms with Gasteiger partial charge in [-0.15, -0.1) is 10.2 Å². The van der Waals surface area contributed by atoms with Crippen LogP contribution in [-0.4, -0.2) is 28.5 Å². The van der Waals surface area contributed by atoms with Crippen LogP contribution in [0.2, 0.25) is 0 Å². The van der Waals surface area contributed by atoms with Crippen molar-refractivity contribution < 1.29 is 22.7 Å². The molecule has 0 aliphatic carbocycles. The number of halogens is 2. The molecule has 0 bridgehead atoms. The number of rotatable bonds is 7. The molecule has 0 amide bonds. The van der Waals surface area contributed by atoms with E-state index in [1.807, 2.05) is 24.3 Å². The van der Waals surface area contributed by atoms with Crippen molar-refractivity contribution in [3.63, 3.8) is 0 Å². The number of hydrogen-bond acceptors (Lipinski definition) is 5. The lowest BCUT2D eigenvalue weighted by Gasteiger charge is -2.10. The minimum absolute atomic E-state index is 0.0673. The van der Waals surface area contributed by atoms with Crippen molar-refractivity contribution in [1.29, 1.82) is 0 Å². The van der Waals surface area contributed by atoms with Gasteiger partial charge in [0, 0.05) is 34.3 Å². The topological polar surface area (TPSA) is 62.3 Å². The van der Waals surface area contributed by atoms with Crippen LogP contribution in [0.25, 0.3) is 33.8 Å². The average molecular weight is 475 g/mol. The number of fused-ring (bicyclic) bond motifs is 1. The van der Waals surface area contributed by atoms with Gasteiger partial charge in [0.15, 0.2) is 11.5 Å². The number of nitrogens with zero attached hydrogens (tertiary/aromatic N) is 3. The van der Waals surface area contributed by atoms with Crippen LogP contribution in [0.5, 0.6) is 11.5 Å². The Morgan fingerprint density at radius 2 is 1.57 bits per heavy atom. The molecule has 0 saturated heterocycles. The van der Waals surface area contributed by atoms with Crippen LogP contribution in [0.3, 0.4) is 0 Å². The third kappa shape index (κ3) is 4.35.